The molecule has 0 saturated carbocycles. The summed E-state index contributed by atoms with van der Waals surface area (Å²) in [5.74, 6) is 0.355. The normalized spacial score (nSPS) is 11.5. The molecule has 10 nitrogen and oxygen atoms in total. The van der Waals surface area contributed by atoms with E-state index in [2.05, 4.69) is 10.3 Å². The van der Waals surface area contributed by atoms with Crippen LogP contribution in [0.15, 0.2) is 94.0 Å². The summed E-state index contributed by atoms with van der Waals surface area (Å²) in [6, 6.07) is 21.2. The Hall–Kier alpha value is -4.26. The summed E-state index contributed by atoms with van der Waals surface area (Å²) in [4.78, 5) is 18.2. The molecule has 0 bridgehead atoms. The zero-order valence-corrected chi connectivity index (χ0v) is 22.9. The third-order valence-corrected chi connectivity index (χ3v) is 6.48. The minimum absolute atomic E-state index is 0.0519. The fourth-order valence-corrected chi connectivity index (χ4v) is 3.87. The van der Waals surface area contributed by atoms with Gasteiger partial charge < -0.3 is 25.1 Å². The van der Waals surface area contributed by atoms with Crippen molar-refractivity contribution in [3.63, 3.8) is 0 Å². The van der Waals surface area contributed by atoms with Gasteiger partial charge in [0.25, 0.3) is 16.1 Å². The molecule has 12 heteroatoms. The molecule has 40 heavy (non-hydrogen) atoms. The van der Waals surface area contributed by atoms with Crippen LogP contribution in [0, 0.1) is 6.92 Å². The van der Waals surface area contributed by atoms with E-state index in [9.17, 15) is 17.6 Å². The highest BCUT2D eigenvalue weighted by Gasteiger charge is 2.18. The summed E-state index contributed by atoms with van der Waals surface area (Å²) >= 11 is 0. The number of nitrogens with two attached hydrogens (primary N) is 1. The number of oxazole rings is 1. The summed E-state index contributed by atoms with van der Waals surface area (Å²) in [5, 5.41) is 2.62. The molecule has 0 spiro atoms. The van der Waals surface area contributed by atoms with E-state index in [1.807, 2.05) is 37.3 Å². The number of fused-ring (bicyclic) bond motifs is 1. The maximum atomic E-state index is 12.6. The Morgan fingerprint density at radius 1 is 1.15 bits per heavy atom. The van der Waals surface area contributed by atoms with Gasteiger partial charge in [-0.25, -0.2) is 4.39 Å². The van der Waals surface area contributed by atoms with Crippen LogP contribution in [0.4, 0.5) is 10.4 Å². The summed E-state index contributed by atoms with van der Waals surface area (Å²) in [5.41, 5.74) is 8.90. The van der Waals surface area contributed by atoms with Crippen LogP contribution in [0.3, 0.4) is 0 Å². The van der Waals surface area contributed by atoms with Crippen LogP contribution < -0.4 is 20.7 Å². The second kappa shape index (κ2) is 14.2. The number of carbonyl (C=O) groups is 1. The highest BCUT2D eigenvalue weighted by Crippen LogP contribution is 2.27. The van der Waals surface area contributed by atoms with Gasteiger partial charge in [0, 0.05) is 31.8 Å². The fourth-order valence-electron chi connectivity index (χ4n) is 3.39. The van der Waals surface area contributed by atoms with Crippen LogP contribution in [0.2, 0.25) is 0 Å². The molecule has 0 aliphatic rings. The maximum Gasteiger partial charge on any atom is 0.299 e. The fraction of sp³-hybridized carbons (Fsp3) is 0.214. The molecule has 1 aromatic heterocycles. The van der Waals surface area contributed by atoms with Gasteiger partial charge >= 0.3 is 0 Å². The first-order valence-corrected chi connectivity index (χ1v) is 13.6. The quantitative estimate of drug-likeness (QED) is 0.241. The van der Waals surface area contributed by atoms with Crippen molar-refractivity contribution in [2.75, 3.05) is 31.6 Å². The smallest absolute Gasteiger partial charge is 0.299 e. The van der Waals surface area contributed by atoms with Gasteiger partial charge in [-0.2, -0.15) is 13.4 Å². The molecule has 0 radical (unpaired) electrons. The average Bonchev–Trinajstić information content (AvgIpc) is 3.37. The highest BCUT2D eigenvalue weighted by molar-refractivity contribution is 7.85. The van der Waals surface area contributed by atoms with Crippen molar-refractivity contribution in [3.8, 4) is 5.75 Å². The number of ether oxygens (including phenoxy) is 1. The van der Waals surface area contributed by atoms with Crippen LogP contribution in [0.5, 0.6) is 5.75 Å². The summed E-state index contributed by atoms with van der Waals surface area (Å²) in [6.45, 7) is 2.54. The van der Waals surface area contributed by atoms with Crippen LogP contribution >= 0.6 is 0 Å². The largest absolute Gasteiger partial charge is 0.489 e. The number of hydrogen-bond donors (Lipinski definition) is 3. The number of likely N-dealkylation sites (N-methyl/N-ethyl adjacent to an activating group) is 1. The zero-order valence-electron chi connectivity index (χ0n) is 22.1. The van der Waals surface area contributed by atoms with Gasteiger partial charge in [0.1, 0.15) is 24.4 Å². The van der Waals surface area contributed by atoms with Crippen LogP contribution in [-0.2, 0) is 21.5 Å². The molecule has 0 aliphatic carbocycles. The molecular weight excluding hydrogens is 539 g/mol. The first kappa shape index (κ1) is 30.3. The number of aromatic nitrogens is 1. The molecular formula is C28H31FN4O6S. The van der Waals surface area contributed by atoms with Crippen molar-refractivity contribution in [2.45, 2.75) is 18.4 Å². The van der Waals surface area contributed by atoms with Gasteiger partial charge in [0.2, 0.25) is 5.91 Å². The molecule has 0 saturated heterocycles. The summed E-state index contributed by atoms with van der Waals surface area (Å²) < 4.78 is 53.6. The lowest BCUT2D eigenvalue weighted by atomic mass is 10.2. The molecule has 0 aliphatic heterocycles. The van der Waals surface area contributed by atoms with E-state index < -0.39 is 10.1 Å². The Kier molecular flexibility index (Phi) is 10.8. The van der Waals surface area contributed by atoms with Gasteiger partial charge in [-0.15, -0.1) is 0 Å². The highest BCUT2D eigenvalue weighted by atomic mass is 32.2. The number of hydrogen-bond acceptors (Lipinski definition) is 8. The number of halogens is 1. The minimum atomic E-state index is -4.02. The van der Waals surface area contributed by atoms with Crippen molar-refractivity contribution in [2.24, 2.45) is 5.73 Å². The van der Waals surface area contributed by atoms with E-state index in [0.717, 1.165) is 11.1 Å². The van der Waals surface area contributed by atoms with E-state index >= 15 is 0 Å². The van der Waals surface area contributed by atoms with Crippen LogP contribution in [0.1, 0.15) is 11.1 Å². The molecule has 3 aromatic carbocycles. The third kappa shape index (κ3) is 8.90. The first-order chi connectivity index (χ1) is 19.1. The third-order valence-electron chi connectivity index (χ3n) is 5.61. The Balaban J connectivity index is 0.000000336. The molecule has 0 unspecified atom stereocenters. The van der Waals surface area contributed by atoms with E-state index in [1.54, 1.807) is 42.3 Å². The van der Waals surface area contributed by atoms with Crippen molar-refractivity contribution < 1.29 is 31.3 Å². The van der Waals surface area contributed by atoms with Gasteiger partial charge in [-0.05, 0) is 36.8 Å². The molecule has 0 fully saturated rings. The lowest BCUT2D eigenvalue weighted by Gasteiger charge is -2.19. The first-order valence-electron chi connectivity index (χ1n) is 12.2. The maximum absolute atomic E-state index is 12.6. The van der Waals surface area contributed by atoms with Crippen molar-refractivity contribution in [3.05, 3.63) is 95.8 Å². The standard InChI is InChI=1S/C21H23FN4O3.C7H8O3S/c1-24-20(27)13-26(12-15-5-3-2-4-6-15)21-25-18-8-7-17(9-19(18)29-21)28-14-16(10-22)11-23;1-6-2-4-7(5-3-6)11(8,9)10/h2-10H,11-14,23H2,1H3,(H,24,27);2-5H,1H3,(H,8,9,10)/b16-10+;. The Morgan fingerprint density at radius 2 is 1.85 bits per heavy atom. The predicted octanol–water partition coefficient (Wildman–Crippen LogP) is 4.01. The predicted molar refractivity (Wildman–Crippen MR) is 150 cm³/mol. The van der Waals surface area contributed by atoms with E-state index in [0.29, 0.717) is 41.3 Å². The topological polar surface area (TPSA) is 148 Å². The molecule has 1 heterocycles. The van der Waals surface area contributed by atoms with Crippen LogP contribution in [0.25, 0.3) is 11.1 Å². The van der Waals surface area contributed by atoms with Gasteiger partial charge in [0.15, 0.2) is 5.58 Å². The van der Waals surface area contributed by atoms with Gasteiger partial charge in [-0.3, -0.25) is 9.35 Å². The summed E-state index contributed by atoms with van der Waals surface area (Å²) in [6.07, 6.45) is 0.450. The van der Waals surface area contributed by atoms with Gasteiger partial charge in [-0.1, -0.05) is 48.0 Å². The lowest BCUT2D eigenvalue weighted by Crippen LogP contribution is -2.35. The monoisotopic (exact) mass is 570 g/mol. The van der Waals surface area contributed by atoms with Crippen molar-refractivity contribution in [1.29, 1.82) is 0 Å². The number of nitrogens with zero attached hydrogens (tertiary/aromatic N) is 2. The minimum Gasteiger partial charge on any atom is -0.489 e. The van der Waals surface area contributed by atoms with E-state index in [1.165, 1.54) is 12.1 Å². The molecule has 212 valence electrons. The Bertz CT molecular complexity index is 1540. The average molecular weight is 571 g/mol. The molecule has 0 atom stereocenters. The molecule has 4 rings (SSSR count). The van der Waals surface area contributed by atoms with Crippen molar-refractivity contribution in [1.82, 2.24) is 10.3 Å². The molecule has 1 amide bonds. The second-order valence-corrected chi connectivity index (χ2v) is 10.1. The number of aryl methyl sites for hydroxylation is 1. The Morgan fingerprint density at radius 3 is 2.45 bits per heavy atom. The second-order valence-electron chi connectivity index (χ2n) is 8.69. The zero-order chi connectivity index (χ0) is 29.1. The number of anilines is 1. The van der Waals surface area contributed by atoms with Crippen LogP contribution in [-0.4, -0.2) is 50.6 Å². The lowest BCUT2D eigenvalue weighted by molar-refractivity contribution is -0.119. The van der Waals surface area contributed by atoms with E-state index in [4.69, 9.17) is 19.4 Å². The number of benzene rings is 3. The molecule has 4 N–H and O–H groups in total. The van der Waals surface area contributed by atoms with Gasteiger partial charge in [0.05, 0.1) is 11.2 Å². The Labute approximate surface area is 232 Å². The SMILES string of the molecule is CNC(=O)CN(Cc1ccccc1)c1nc2ccc(OC/C(=C/F)CN)cc2o1.Cc1ccc(S(=O)(=O)O)cc1. The van der Waals surface area contributed by atoms with E-state index in [-0.39, 0.29) is 30.5 Å². The summed E-state index contributed by atoms with van der Waals surface area (Å²) in [7, 11) is -2.44. The number of carbonyl (C=O) groups excluding carboxylic acids is 1. The number of nitrogens with one attached hydrogen (secondary N) is 1. The number of amides is 1. The van der Waals surface area contributed by atoms with Crippen molar-refractivity contribution >= 4 is 33.1 Å². The molecule has 4 aromatic rings. The number of rotatable bonds is 10.